The Balaban J connectivity index is 2.09. The number of halogens is 3. The van der Waals surface area contributed by atoms with Crippen molar-refractivity contribution in [3.63, 3.8) is 0 Å². The molecule has 1 aliphatic heterocycles. The summed E-state index contributed by atoms with van der Waals surface area (Å²) in [4.78, 5) is 9.52. The summed E-state index contributed by atoms with van der Waals surface area (Å²) in [5, 5.41) is 3.33. The molecule has 1 aliphatic rings. The summed E-state index contributed by atoms with van der Waals surface area (Å²) in [5.74, 6) is 0.364. The summed E-state index contributed by atoms with van der Waals surface area (Å²) in [6.07, 6.45) is -1.73. The number of rotatable bonds is 2. The minimum atomic E-state index is -4.38. The molecule has 2 rings (SSSR count). The summed E-state index contributed by atoms with van der Waals surface area (Å²) in [6.45, 7) is 4.29. The van der Waals surface area contributed by atoms with Crippen LogP contribution in [-0.2, 0) is 6.18 Å². The van der Waals surface area contributed by atoms with Crippen LogP contribution in [0.25, 0.3) is 0 Å². The SMILES string of the molecule is CC[C@H]1CN(c2ncc(C(F)(F)F)cn2)CCN1. The predicted octanol–water partition coefficient (Wildman–Crippen LogP) is 1.68. The van der Waals surface area contributed by atoms with Crippen molar-refractivity contribution in [2.75, 3.05) is 24.5 Å². The van der Waals surface area contributed by atoms with Crippen LogP contribution in [0.2, 0.25) is 0 Å². The van der Waals surface area contributed by atoms with Gasteiger partial charge in [0.1, 0.15) is 0 Å². The average Bonchev–Trinajstić information content (AvgIpc) is 2.38. The molecule has 100 valence electrons. The van der Waals surface area contributed by atoms with Crippen molar-refractivity contribution in [2.45, 2.75) is 25.6 Å². The van der Waals surface area contributed by atoms with Gasteiger partial charge in [-0.15, -0.1) is 0 Å². The molecule has 1 N–H and O–H groups in total. The Hall–Kier alpha value is -1.37. The summed E-state index contributed by atoms with van der Waals surface area (Å²) < 4.78 is 37.1. The number of hydrogen-bond acceptors (Lipinski definition) is 4. The third-order valence-electron chi connectivity index (χ3n) is 3.00. The zero-order valence-corrected chi connectivity index (χ0v) is 10.0. The number of alkyl halides is 3. The van der Waals surface area contributed by atoms with Crippen molar-refractivity contribution in [2.24, 2.45) is 0 Å². The third-order valence-corrected chi connectivity index (χ3v) is 3.00. The standard InChI is InChI=1S/C11H15F3N4/c1-2-9-7-18(4-3-15-9)10-16-5-8(6-17-10)11(12,13)14/h5-6,9,15H,2-4,7H2,1H3/t9-/m0/s1. The number of piperazine rings is 1. The Morgan fingerprint density at radius 1 is 1.39 bits per heavy atom. The Bertz CT molecular complexity index is 390. The second-order valence-corrected chi connectivity index (χ2v) is 4.27. The van der Waals surface area contributed by atoms with Crippen LogP contribution in [0.5, 0.6) is 0 Å². The lowest BCUT2D eigenvalue weighted by molar-refractivity contribution is -0.138. The van der Waals surface area contributed by atoms with Crippen molar-refractivity contribution in [3.05, 3.63) is 18.0 Å². The molecule has 0 amide bonds. The quantitative estimate of drug-likeness (QED) is 0.878. The van der Waals surface area contributed by atoms with Crippen LogP contribution in [0.1, 0.15) is 18.9 Å². The maximum absolute atomic E-state index is 12.4. The third kappa shape index (κ3) is 2.90. The van der Waals surface area contributed by atoms with Crippen molar-refractivity contribution >= 4 is 5.95 Å². The van der Waals surface area contributed by atoms with E-state index >= 15 is 0 Å². The van der Waals surface area contributed by atoms with Crippen LogP contribution in [0.4, 0.5) is 19.1 Å². The number of aromatic nitrogens is 2. The molecule has 1 atom stereocenters. The first kappa shape index (κ1) is 13.1. The molecular formula is C11H15F3N4. The number of hydrogen-bond donors (Lipinski definition) is 1. The van der Waals surface area contributed by atoms with Gasteiger partial charge < -0.3 is 10.2 Å². The van der Waals surface area contributed by atoms with Crippen LogP contribution < -0.4 is 10.2 Å². The van der Waals surface area contributed by atoms with Gasteiger partial charge in [-0.3, -0.25) is 0 Å². The first-order valence-corrected chi connectivity index (χ1v) is 5.88. The fourth-order valence-electron chi connectivity index (χ4n) is 1.91. The Morgan fingerprint density at radius 3 is 2.61 bits per heavy atom. The zero-order chi connectivity index (χ0) is 13.2. The first-order chi connectivity index (χ1) is 8.50. The van der Waals surface area contributed by atoms with Gasteiger partial charge in [0.05, 0.1) is 5.56 Å². The summed E-state index contributed by atoms with van der Waals surface area (Å²) >= 11 is 0. The molecule has 1 fully saturated rings. The average molecular weight is 260 g/mol. The molecular weight excluding hydrogens is 245 g/mol. The van der Waals surface area contributed by atoms with Gasteiger partial charge in [0.2, 0.25) is 5.95 Å². The second-order valence-electron chi connectivity index (χ2n) is 4.27. The molecule has 1 aromatic heterocycles. The molecule has 0 radical (unpaired) electrons. The minimum absolute atomic E-state index is 0.338. The molecule has 4 nitrogen and oxygen atoms in total. The van der Waals surface area contributed by atoms with Crippen LogP contribution in [0.15, 0.2) is 12.4 Å². The van der Waals surface area contributed by atoms with E-state index in [9.17, 15) is 13.2 Å². The van der Waals surface area contributed by atoms with Gasteiger partial charge >= 0.3 is 6.18 Å². The maximum Gasteiger partial charge on any atom is 0.419 e. The van der Waals surface area contributed by atoms with Gasteiger partial charge in [-0.25, -0.2) is 9.97 Å². The van der Waals surface area contributed by atoms with Gasteiger partial charge in [0, 0.05) is 38.1 Å². The lowest BCUT2D eigenvalue weighted by Gasteiger charge is -2.33. The van der Waals surface area contributed by atoms with E-state index in [1.54, 1.807) is 0 Å². The molecule has 18 heavy (non-hydrogen) atoms. The molecule has 0 aliphatic carbocycles. The molecule has 0 bridgehead atoms. The number of nitrogens with one attached hydrogen (secondary N) is 1. The van der Waals surface area contributed by atoms with Gasteiger partial charge in [-0.05, 0) is 6.42 Å². The highest BCUT2D eigenvalue weighted by Gasteiger charge is 2.31. The van der Waals surface area contributed by atoms with Gasteiger partial charge in [0.25, 0.3) is 0 Å². The van der Waals surface area contributed by atoms with E-state index < -0.39 is 11.7 Å². The predicted molar refractivity (Wildman–Crippen MR) is 61.3 cm³/mol. The molecule has 0 saturated carbocycles. The first-order valence-electron chi connectivity index (χ1n) is 5.88. The zero-order valence-electron chi connectivity index (χ0n) is 10.0. The summed E-state index contributed by atoms with van der Waals surface area (Å²) in [6, 6.07) is 0.338. The molecule has 7 heteroatoms. The van der Waals surface area contributed by atoms with E-state index in [-0.39, 0.29) is 0 Å². The highest BCUT2D eigenvalue weighted by atomic mass is 19.4. The molecule has 0 aromatic carbocycles. The minimum Gasteiger partial charge on any atom is -0.338 e. The van der Waals surface area contributed by atoms with Gasteiger partial charge in [-0.2, -0.15) is 13.2 Å². The van der Waals surface area contributed by atoms with Crippen LogP contribution in [-0.4, -0.2) is 35.6 Å². The van der Waals surface area contributed by atoms with E-state index in [1.807, 2.05) is 4.90 Å². The van der Waals surface area contributed by atoms with Crippen molar-refractivity contribution in [3.8, 4) is 0 Å². The number of anilines is 1. The fraction of sp³-hybridized carbons (Fsp3) is 0.636. The monoisotopic (exact) mass is 260 g/mol. The van der Waals surface area contributed by atoms with Crippen molar-refractivity contribution in [1.82, 2.24) is 15.3 Å². The maximum atomic E-state index is 12.4. The highest BCUT2D eigenvalue weighted by Crippen LogP contribution is 2.28. The largest absolute Gasteiger partial charge is 0.419 e. The van der Waals surface area contributed by atoms with E-state index in [1.165, 1.54) is 0 Å². The lowest BCUT2D eigenvalue weighted by atomic mass is 10.2. The lowest BCUT2D eigenvalue weighted by Crippen LogP contribution is -2.51. The van der Waals surface area contributed by atoms with Gasteiger partial charge in [0.15, 0.2) is 0 Å². The van der Waals surface area contributed by atoms with Crippen LogP contribution >= 0.6 is 0 Å². The second kappa shape index (κ2) is 5.09. The van der Waals surface area contributed by atoms with E-state index in [2.05, 4.69) is 22.2 Å². The smallest absolute Gasteiger partial charge is 0.338 e. The number of nitrogens with zero attached hydrogens (tertiary/aromatic N) is 3. The summed E-state index contributed by atoms with van der Waals surface area (Å²) in [5.41, 5.74) is -0.812. The van der Waals surface area contributed by atoms with Crippen molar-refractivity contribution < 1.29 is 13.2 Å². The molecule has 1 saturated heterocycles. The normalized spacial score (nSPS) is 21.1. The van der Waals surface area contributed by atoms with Gasteiger partial charge in [-0.1, -0.05) is 6.92 Å². The van der Waals surface area contributed by atoms with Crippen molar-refractivity contribution in [1.29, 1.82) is 0 Å². The topological polar surface area (TPSA) is 41.1 Å². The Labute approximate surface area is 103 Å². The van der Waals surface area contributed by atoms with E-state index in [0.717, 1.165) is 31.9 Å². The van der Waals surface area contributed by atoms with Crippen LogP contribution in [0, 0.1) is 0 Å². The highest BCUT2D eigenvalue weighted by molar-refractivity contribution is 5.31. The molecule has 0 spiro atoms. The van der Waals surface area contributed by atoms with E-state index in [4.69, 9.17) is 0 Å². The Kier molecular flexibility index (Phi) is 3.70. The fourth-order valence-corrected chi connectivity index (χ4v) is 1.91. The molecule has 0 unspecified atom stereocenters. The summed E-state index contributed by atoms with van der Waals surface area (Å²) in [7, 11) is 0. The molecule has 2 heterocycles. The Morgan fingerprint density at radius 2 is 2.06 bits per heavy atom. The van der Waals surface area contributed by atoms with E-state index in [0.29, 0.717) is 18.5 Å². The molecule has 1 aromatic rings. The van der Waals surface area contributed by atoms with Crippen LogP contribution in [0.3, 0.4) is 0 Å².